The SMILES string of the molecule is NC(=S)CCN(C(=O)CC1CCCCC1)c1ccccc1. The molecule has 1 aliphatic carbocycles. The summed E-state index contributed by atoms with van der Waals surface area (Å²) in [5.41, 5.74) is 6.54. The summed E-state index contributed by atoms with van der Waals surface area (Å²) in [6, 6.07) is 9.81. The summed E-state index contributed by atoms with van der Waals surface area (Å²) >= 11 is 4.95. The quantitative estimate of drug-likeness (QED) is 0.816. The number of thiocarbonyl (C=S) groups is 1. The molecule has 1 amide bonds. The third-order valence-corrected chi connectivity index (χ3v) is 4.34. The van der Waals surface area contributed by atoms with Crippen molar-refractivity contribution in [1.82, 2.24) is 0 Å². The minimum absolute atomic E-state index is 0.198. The van der Waals surface area contributed by atoms with Gasteiger partial charge in [0.15, 0.2) is 0 Å². The molecule has 2 rings (SSSR count). The number of carbonyl (C=O) groups is 1. The van der Waals surface area contributed by atoms with Gasteiger partial charge < -0.3 is 10.6 Å². The first kappa shape index (κ1) is 16.0. The summed E-state index contributed by atoms with van der Waals surface area (Å²) in [5, 5.41) is 0. The fraction of sp³-hybridized carbons (Fsp3) is 0.529. The van der Waals surface area contributed by atoms with Crippen molar-refractivity contribution in [2.24, 2.45) is 11.7 Å². The minimum Gasteiger partial charge on any atom is -0.393 e. The lowest BCUT2D eigenvalue weighted by atomic mass is 9.86. The van der Waals surface area contributed by atoms with Gasteiger partial charge in [-0.25, -0.2) is 0 Å². The molecule has 0 heterocycles. The van der Waals surface area contributed by atoms with Crippen LogP contribution >= 0.6 is 12.2 Å². The van der Waals surface area contributed by atoms with Crippen molar-refractivity contribution in [2.75, 3.05) is 11.4 Å². The maximum atomic E-state index is 12.7. The van der Waals surface area contributed by atoms with Gasteiger partial charge in [0.05, 0.1) is 4.99 Å². The summed E-state index contributed by atoms with van der Waals surface area (Å²) in [6.45, 7) is 0.574. The van der Waals surface area contributed by atoms with Crippen LogP contribution in [0.4, 0.5) is 5.69 Å². The molecule has 1 fully saturated rings. The molecule has 114 valence electrons. The van der Waals surface area contributed by atoms with E-state index in [4.69, 9.17) is 18.0 Å². The first-order valence-electron chi connectivity index (χ1n) is 7.80. The highest BCUT2D eigenvalue weighted by atomic mass is 32.1. The molecule has 0 bridgehead atoms. The first-order chi connectivity index (χ1) is 10.2. The Morgan fingerprint density at radius 2 is 1.86 bits per heavy atom. The molecule has 1 saturated carbocycles. The van der Waals surface area contributed by atoms with Crippen molar-refractivity contribution in [2.45, 2.75) is 44.9 Å². The summed E-state index contributed by atoms with van der Waals surface area (Å²) in [7, 11) is 0. The van der Waals surface area contributed by atoms with E-state index >= 15 is 0 Å². The Bertz CT molecular complexity index is 469. The molecule has 1 aliphatic rings. The normalized spacial score (nSPS) is 15.6. The number of nitrogens with zero attached hydrogens (tertiary/aromatic N) is 1. The van der Waals surface area contributed by atoms with Gasteiger partial charge in [0, 0.05) is 25.1 Å². The van der Waals surface area contributed by atoms with E-state index in [-0.39, 0.29) is 5.91 Å². The molecule has 2 N–H and O–H groups in total. The molecule has 0 aromatic heterocycles. The Morgan fingerprint density at radius 1 is 1.19 bits per heavy atom. The molecule has 0 radical (unpaired) electrons. The molecule has 1 aromatic rings. The lowest BCUT2D eigenvalue weighted by Gasteiger charge is -2.27. The molecule has 0 atom stereocenters. The Labute approximate surface area is 132 Å². The van der Waals surface area contributed by atoms with Gasteiger partial charge in [-0.3, -0.25) is 4.79 Å². The molecule has 4 heteroatoms. The number of hydrogen-bond donors (Lipinski definition) is 1. The van der Waals surface area contributed by atoms with Crippen LogP contribution in [0.2, 0.25) is 0 Å². The standard InChI is InChI=1S/C17H24N2OS/c18-16(21)11-12-19(15-9-5-2-6-10-15)17(20)13-14-7-3-1-4-8-14/h2,5-6,9-10,14H,1,3-4,7-8,11-13H2,(H2,18,21). The zero-order valence-corrected chi connectivity index (χ0v) is 13.3. The van der Waals surface area contributed by atoms with Crippen LogP contribution in [0.15, 0.2) is 30.3 Å². The van der Waals surface area contributed by atoms with Crippen molar-refractivity contribution in [3.05, 3.63) is 30.3 Å². The van der Waals surface area contributed by atoms with Crippen LogP contribution in [-0.4, -0.2) is 17.4 Å². The lowest BCUT2D eigenvalue weighted by molar-refractivity contribution is -0.119. The molecule has 0 aliphatic heterocycles. The fourth-order valence-corrected chi connectivity index (χ4v) is 3.07. The van der Waals surface area contributed by atoms with Crippen LogP contribution in [0, 0.1) is 5.92 Å². The van der Waals surface area contributed by atoms with Crippen LogP contribution in [0.25, 0.3) is 0 Å². The zero-order chi connectivity index (χ0) is 15.1. The summed E-state index contributed by atoms with van der Waals surface area (Å²) < 4.78 is 0. The molecule has 3 nitrogen and oxygen atoms in total. The van der Waals surface area contributed by atoms with Gasteiger partial charge >= 0.3 is 0 Å². The molecular weight excluding hydrogens is 280 g/mol. The van der Waals surface area contributed by atoms with Gasteiger partial charge in [-0.1, -0.05) is 49.7 Å². The maximum Gasteiger partial charge on any atom is 0.227 e. The minimum atomic E-state index is 0.198. The highest BCUT2D eigenvalue weighted by Crippen LogP contribution is 2.27. The first-order valence-corrected chi connectivity index (χ1v) is 8.21. The Morgan fingerprint density at radius 3 is 2.48 bits per heavy atom. The summed E-state index contributed by atoms with van der Waals surface area (Å²) in [4.78, 5) is 15.0. The average Bonchev–Trinajstić information content (AvgIpc) is 2.49. The van der Waals surface area contributed by atoms with E-state index in [2.05, 4.69) is 0 Å². The number of hydrogen-bond acceptors (Lipinski definition) is 2. The summed E-state index contributed by atoms with van der Waals surface area (Å²) in [6.07, 6.45) is 7.42. The van der Waals surface area contributed by atoms with Crippen LogP contribution in [0.1, 0.15) is 44.9 Å². The van der Waals surface area contributed by atoms with Crippen molar-refractivity contribution in [3.63, 3.8) is 0 Å². The van der Waals surface area contributed by atoms with Gasteiger partial charge in [-0.2, -0.15) is 0 Å². The van der Waals surface area contributed by atoms with Gasteiger partial charge in [-0.15, -0.1) is 0 Å². The third kappa shape index (κ3) is 5.12. The van der Waals surface area contributed by atoms with Crippen LogP contribution in [0.3, 0.4) is 0 Å². The van der Waals surface area contributed by atoms with E-state index in [0.29, 0.717) is 30.3 Å². The zero-order valence-electron chi connectivity index (χ0n) is 12.5. The summed E-state index contributed by atoms with van der Waals surface area (Å²) in [5.74, 6) is 0.742. The molecule has 0 saturated heterocycles. The number of benzene rings is 1. The predicted octanol–water partition coefficient (Wildman–Crippen LogP) is 3.67. The highest BCUT2D eigenvalue weighted by Gasteiger charge is 2.22. The molecule has 21 heavy (non-hydrogen) atoms. The van der Waals surface area contributed by atoms with Crippen molar-refractivity contribution in [3.8, 4) is 0 Å². The van der Waals surface area contributed by atoms with Gasteiger partial charge in [0.2, 0.25) is 5.91 Å². The smallest absolute Gasteiger partial charge is 0.227 e. The Balaban J connectivity index is 2.02. The second-order valence-electron chi connectivity index (χ2n) is 5.81. The van der Waals surface area contributed by atoms with E-state index in [1.807, 2.05) is 35.2 Å². The number of amides is 1. The van der Waals surface area contributed by atoms with Crippen molar-refractivity contribution in [1.29, 1.82) is 0 Å². The number of anilines is 1. The Kier molecular flexibility index (Phi) is 6.18. The highest BCUT2D eigenvalue weighted by molar-refractivity contribution is 7.80. The molecular formula is C17H24N2OS. The van der Waals surface area contributed by atoms with Crippen LogP contribution in [-0.2, 0) is 4.79 Å². The van der Waals surface area contributed by atoms with Gasteiger partial charge in [0.25, 0.3) is 0 Å². The topological polar surface area (TPSA) is 46.3 Å². The monoisotopic (exact) mass is 304 g/mol. The van der Waals surface area contributed by atoms with E-state index in [1.165, 1.54) is 32.1 Å². The number of carbonyl (C=O) groups excluding carboxylic acids is 1. The van der Waals surface area contributed by atoms with Crippen LogP contribution in [0.5, 0.6) is 0 Å². The van der Waals surface area contributed by atoms with E-state index in [9.17, 15) is 4.79 Å². The second kappa shape index (κ2) is 8.13. The number of rotatable bonds is 6. The van der Waals surface area contributed by atoms with Gasteiger partial charge in [-0.05, 0) is 30.9 Å². The number of nitrogens with two attached hydrogens (primary N) is 1. The molecule has 1 aromatic carbocycles. The largest absolute Gasteiger partial charge is 0.393 e. The second-order valence-corrected chi connectivity index (χ2v) is 6.33. The van der Waals surface area contributed by atoms with E-state index < -0.39 is 0 Å². The van der Waals surface area contributed by atoms with E-state index in [0.717, 1.165) is 5.69 Å². The molecule has 0 unspecified atom stereocenters. The van der Waals surface area contributed by atoms with E-state index in [1.54, 1.807) is 0 Å². The van der Waals surface area contributed by atoms with Crippen molar-refractivity contribution >= 4 is 28.8 Å². The van der Waals surface area contributed by atoms with Crippen LogP contribution < -0.4 is 10.6 Å². The maximum absolute atomic E-state index is 12.7. The lowest BCUT2D eigenvalue weighted by Crippen LogP contribution is -2.35. The van der Waals surface area contributed by atoms with Gasteiger partial charge in [0.1, 0.15) is 0 Å². The predicted molar refractivity (Wildman–Crippen MR) is 91.4 cm³/mol. The van der Waals surface area contributed by atoms with Crippen molar-refractivity contribution < 1.29 is 4.79 Å². The average molecular weight is 304 g/mol. The number of para-hydroxylation sites is 1. The fourth-order valence-electron chi connectivity index (χ4n) is 2.98. The Hall–Kier alpha value is -1.42. The third-order valence-electron chi connectivity index (χ3n) is 4.14. The molecule has 0 spiro atoms.